The van der Waals surface area contributed by atoms with Gasteiger partial charge in [0.25, 0.3) is 0 Å². The van der Waals surface area contributed by atoms with Gasteiger partial charge in [-0.25, -0.2) is 0 Å². The molecule has 0 atom stereocenters. The predicted octanol–water partition coefficient (Wildman–Crippen LogP) is -7.89. The van der Waals surface area contributed by atoms with Gasteiger partial charge in [-0.1, -0.05) is 12.1 Å². The molecule has 0 aliphatic rings. The van der Waals surface area contributed by atoms with E-state index in [2.05, 4.69) is 0 Å². The Morgan fingerprint density at radius 3 is 1.17 bits per heavy atom. The van der Waals surface area contributed by atoms with Crippen LogP contribution in [0.3, 0.4) is 0 Å². The molecule has 0 bridgehead atoms. The summed E-state index contributed by atoms with van der Waals surface area (Å²) in [6.45, 7) is 0. The van der Waals surface area contributed by atoms with Crippen molar-refractivity contribution in [2.75, 3.05) is 0 Å². The van der Waals surface area contributed by atoms with Crippen LogP contribution in [0.25, 0.3) is 0 Å². The van der Waals surface area contributed by atoms with Gasteiger partial charge in [0.1, 0.15) is 0 Å². The SMILES string of the molecule is Oc1ccccc1O.[Cl-].[Cl-].[Cl-].[Fe+3]. The van der Waals surface area contributed by atoms with Gasteiger partial charge >= 0.3 is 17.1 Å². The minimum Gasteiger partial charge on any atom is -1.00 e. The third kappa shape index (κ3) is 6.89. The summed E-state index contributed by atoms with van der Waals surface area (Å²) in [5, 5.41) is 17.3. The van der Waals surface area contributed by atoms with Gasteiger partial charge in [-0.3, -0.25) is 0 Å². The predicted molar refractivity (Wildman–Crippen MR) is 29.8 cm³/mol. The summed E-state index contributed by atoms with van der Waals surface area (Å²) in [6.07, 6.45) is 0. The van der Waals surface area contributed by atoms with E-state index in [-0.39, 0.29) is 65.8 Å². The van der Waals surface area contributed by atoms with Gasteiger partial charge in [0.15, 0.2) is 11.5 Å². The topological polar surface area (TPSA) is 40.5 Å². The molecule has 0 aliphatic heterocycles. The maximum absolute atomic E-state index is 8.67. The average molecular weight is 272 g/mol. The van der Waals surface area contributed by atoms with Gasteiger partial charge in [0, 0.05) is 0 Å². The number of hydrogen-bond acceptors (Lipinski definition) is 2. The summed E-state index contributed by atoms with van der Waals surface area (Å²) in [7, 11) is 0. The zero-order valence-corrected chi connectivity index (χ0v) is 9.06. The molecule has 2 nitrogen and oxygen atoms in total. The van der Waals surface area contributed by atoms with Crippen molar-refractivity contribution in [3.8, 4) is 11.5 Å². The molecule has 0 fully saturated rings. The number of phenolic OH excluding ortho intramolecular Hbond substituents is 2. The number of phenols is 2. The minimum atomic E-state index is -0.0764. The number of hydrogen-bond donors (Lipinski definition) is 2. The monoisotopic (exact) mass is 271 g/mol. The Labute approximate surface area is 100 Å². The smallest absolute Gasteiger partial charge is 1.00 e. The summed E-state index contributed by atoms with van der Waals surface area (Å²) in [5.74, 6) is -0.153. The van der Waals surface area contributed by atoms with E-state index in [1.165, 1.54) is 12.1 Å². The van der Waals surface area contributed by atoms with Crippen molar-refractivity contribution >= 4 is 0 Å². The maximum atomic E-state index is 8.67. The van der Waals surface area contributed by atoms with Crippen molar-refractivity contribution in [3.05, 3.63) is 24.3 Å². The zero-order valence-electron chi connectivity index (χ0n) is 5.69. The van der Waals surface area contributed by atoms with E-state index in [4.69, 9.17) is 10.2 Å². The molecule has 0 unspecified atom stereocenters. The van der Waals surface area contributed by atoms with Crippen LogP contribution in [0.1, 0.15) is 0 Å². The van der Waals surface area contributed by atoms with Crippen molar-refractivity contribution in [1.29, 1.82) is 0 Å². The Balaban J connectivity index is -0.0000000800. The number of aromatic hydroxyl groups is 2. The minimum absolute atomic E-state index is 0. The Bertz CT molecular complexity index is 177. The first kappa shape index (κ1) is 22.8. The number of benzene rings is 1. The quantitative estimate of drug-likeness (QED) is 0.364. The third-order valence-electron chi connectivity index (χ3n) is 0.882. The second-order valence-corrected chi connectivity index (χ2v) is 1.49. The van der Waals surface area contributed by atoms with Crippen LogP contribution in [0, 0.1) is 0 Å². The average Bonchev–Trinajstić information content (AvgIpc) is 1.77. The van der Waals surface area contributed by atoms with Crippen molar-refractivity contribution < 1.29 is 64.5 Å². The first-order valence-corrected chi connectivity index (χ1v) is 2.27. The molecule has 0 spiro atoms. The number of halogens is 3. The van der Waals surface area contributed by atoms with Gasteiger partial charge in [-0.2, -0.15) is 0 Å². The number of rotatable bonds is 0. The molecule has 0 saturated carbocycles. The summed E-state index contributed by atoms with van der Waals surface area (Å²) in [4.78, 5) is 0. The molecular formula is C6H6Cl3FeO2. The fourth-order valence-electron chi connectivity index (χ4n) is 0.464. The van der Waals surface area contributed by atoms with Crippen molar-refractivity contribution in [1.82, 2.24) is 0 Å². The van der Waals surface area contributed by atoms with Crippen LogP contribution in [0.4, 0.5) is 0 Å². The fourth-order valence-corrected chi connectivity index (χ4v) is 0.464. The molecule has 0 aliphatic carbocycles. The first-order chi connectivity index (χ1) is 3.80. The first-order valence-electron chi connectivity index (χ1n) is 2.27. The van der Waals surface area contributed by atoms with Crippen LogP contribution in [-0.4, -0.2) is 10.2 Å². The standard InChI is InChI=1S/C6H6O2.3ClH.Fe/c7-5-3-1-2-4-6(5)8;;;;/h1-4,7-8H;3*1H;/q;;;;+3/p-3. The molecule has 1 radical (unpaired) electrons. The molecular weight excluding hydrogens is 266 g/mol. The normalized spacial score (nSPS) is 6.00. The summed E-state index contributed by atoms with van der Waals surface area (Å²) >= 11 is 0. The Morgan fingerprint density at radius 1 is 0.750 bits per heavy atom. The van der Waals surface area contributed by atoms with Crippen LogP contribution in [0.15, 0.2) is 24.3 Å². The van der Waals surface area contributed by atoms with Crippen molar-refractivity contribution in [2.24, 2.45) is 0 Å². The second-order valence-electron chi connectivity index (χ2n) is 1.49. The van der Waals surface area contributed by atoms with Crippen molar-refractivity contribution in [3.63, 3.8) is 0 Å². The maximum Gasteiger partial charge on any atom is 3.00 e. The third-order valence-corrected chi connectivity index (χ3v) is 0.882. The molecule has 6 heteroatoms. The fraction of sp³-hybridized carbons (Fsp3) is 0. The van der Waals surface area contributed by atoms with Gasteiger partial charge in [-0.15, -0.1) is 0 Å². The van der Waals surface area contributed by atoms with Gasteiger partial charge < -0.3 is 47.4 Å². The molecule has 1 aromatic carbocycles. The summed E-state index contributed by atoms with van der Waals surface area (Å²) in [5.41, 5.74) is 0. The van der Waals surface area contributed by atoms with Crippen LogP contribution in [0.5, 0.6) is 11.5 Å². The molecule has 0 amide bonds. The van der Waals surface area contributed by atoms with E-state index in [0.29, 0.717) is 0 Å². The van der Waals surface area contributed by atoms with Crippen LogP contribution in [0.2, 0.25) is 0 Å². The Kier molecular flexibility index (Phi) is 21.3. The van der Waals surface area contributed by atoms with Crippen LogP contribution < -0.4 is 37.2 Å². The Morgan fingerprint density at radius 2 is 1.00 bits per heavy atom. The van der Waals surface area contributed by atoms with Crippen LogP contribution in [-0.2, 0) is 17.1 Å². The molecule has 12 heavy (non-hydrogen) atoms. The molecule has 1 aromatic rings. The molecule has 71 valence electrons. The van der Waals surface area contributed by atoms with E-state index in [9.17, 15) is 0 Å². The number of para-hydroxylation sites is 2. The molecule has 0 saturated heterocycles. The van der Waals surface area contributed by atoms with E-state index in [1.54, 1.807) is 12.1 Å². The Hall–Kier alpha value is 0.209. The van der Waals surface area contributed by atoms with Crippen molar-refractivity contribution in [2.45, 2.75) is 0 Å². The zero-order chi connectivity index (χ0) is 5.98. The summed E-state index contributed by atoms with van der Waals surface area (Å²) < 4.78 is 0. The largest absolute Gasteiger partial charge is 3.00 e. The van der Waals surface area contributed by atoms with Gasteiger partial charge in [0.05, 0.1) is 0 Å². The second kappa shape index (κ2) is 11.2. The van der Waals surface area contributed by atoms with E-state index in [0.717, 1.165) is 0 Å². The van der Waals surface area contributed by atoms with E-state index < -0.39 is 0 Å². The van der Waals surface area contributed by atoms with Gasteiger partial charge in [0.2, 0.25) is 0 Å². The van der Waals surface area contributed by atoms with E-state index in [1.807, 2.05) is 0 Å². The van der Waals surface area contributed by atoms with Gasteiger partial charge in [-0.05, 0) is 12.1 Å². The van der Waals surface area contributed by atoms with Crippen LogP contribution >= 0.6 is 0 Å². The molecule has 1 rings (SSSR count). The summed E-state index contributed by atoms with van der Waals surface area (Å²) in [6, 6.07) is 6.15. The molecule has 0 heterocycles. The molecule has 0 aromatic heterocycles. The van der Waals surface area contributed by atoms with E-state index >= 15 is 0 Å². The molecule has 2 N–H and O–H groups in total.